The molecule has 3 atom stereocenters. The third-order valence-corrected chi connectivity index (χ3v) is 5.33. The monoisotopic (exact) mass is 456 g/mol. The van der Waals surface area contributed by atoms with Crippen LogP contribution in [0.5, 0.6) is 0 Å². The van der Waals surface area contributed by atoms with Crippen molar-refractivity contribution in [3.05, 3.63) is 54.1 Å². The molecule has 3 amide bonds. The Kier molecular flexibility index (Phi) is 8.53. The van der Waals surface area contributed by atoms with Gasteiger partial charge in [-0.05, 0) is 24.9 Å². The van der Waals surface area contributed by atoms with Crippen molar-refractivity contribution in [2.24, 2.45) is 0 Å². The number of aromatic amines is 1. The largest absolute Gasteiger partial charge is 0.480 e. The van der Waals surface area contributed by atoms with Crippen LogP contribution in [0.4, 0.5) is 0 Å². The van der Waals surface area contributed by atoms with E-state index in [-0.39, 0.29) is 31.3 Å². The van der Waals surface area contributed by atoms with E-state index >= 15 is 0 Å². The molecule has 176 valence electrons. The number of imidazole rings is 1. The highest BCUT2D eigenvalue weighted by Crippen LogP contribution is 2.06. The summed E-state index contributed by atoms with van der Waals surface area (Å²) in [4.78, 5) is 55.9. The Hall–Kier alpha value is -3.73. The topological polar surface area (TPSA) is 165 Å². The second kappa shape index (κ2) is 11.8. The maximum atomic E-state index is 13.0. The quantitative estimate of drug-likeness (QED) is 0.255. The SMILES string of the molecule is O=C(CNC(=O)C1CCCN1)NC(Cc1ccccc1)C(=O)NC(Cc1cnc[nH]1)C(=O)O. The number of amides is 3. The minimum absolute atomic E-state index is 0.0114. The number of nitrogens with zero attached hydrogens (tertiary/aromatic N) is 1. The lowest BCUT2D eigenvalue weighted by molar-refractivity contribution is -0.142. The summed E-state index contributed by atoms with van der Waals surface area (Å²) >= 11 is 0. The molecule has 1 aliphatic heterocycles. The van der Waals surface area contributed by atoms with Crippen LogP contribution in [0.1, 0.15) is 24.1 Å². The fraction of sp³-hybridized carbons (Fsp3) is 0.409. The number of rotatable bonds is 11. The van der Waals surface area contributed by atoms with E-state index < -0.39 is 29.9 Å². The molecule has 1 aromatic heterocycles. The van der Waals surface area contributed by atoms with Crippen LogP contribution in [0.25, 0.3) is 0 Å². The molecule has 11 nitrogen and oxygen atoms in total. The van der Waals surface area contributed by atoms with Gasteiger partial charge in [-0.2, -0.15) is 0 Å². The smallest absolute Gasteiger partial charge is 0.326 e. The Labute approximate surface area is 190 Å². The highest BCUT2D eigenvalue weighted by atomic mass is 16.4. The van der Waals surface area contributed by atoms with Crippen LogP contribution in [0.3, 0.4) is 0 Å². The zero-order chi connectivity index (χ0) is 23.6. The number of carboxylic acids is 1. The van der Waals surface area contributed by atoms with E-state index in [1.807, 2.05) is 6.07 Å². The summed E-state index contributed by atoms with van der Waals surface area (Å²) in [7, 11) is 0. The highest BCUT2D eigenvalue weighted by molar-refractivity contribution is 5.92. The molecule has 3 rings (SSSR count). The summed E-state index contributed by atoms with van der Waals surface area (Å²) in [5.41, 5.74) is 1.34. The highest BCUT2D eigenvalue weighted by Gasteiger charge is 2.28. The Bertz CT molecular complexity index is 943. The first-order valence-corrected chi connectivity index (χ1v) is 10.8. The second-order valence-corrected chi connectivity index (χ2v) is 7.86. The van der Waals surface area contributed by atoms with Gasteiger partial charge in [-0.15, -0.1) is 0 Å². The molecule has 0 spiro atoms. The minimum atomic E-state index is -1.21. The molecule has 2 aromatic rings. The van der Waals surface area contributed by atoms with E-state index in [2.05, 4.69) is 31.2 Å². The van der Waals surface area contributed by atoms with Crippen LogP contribution >= 0.6 is 0 Å². The standard InChI is InChI=1S/C22H28N6O5/c29-19(12-25-20(30)16-7-4-8-24-16)27-17(9-14-5-2-1-3-6-14)21(31)28-18(22(32)33)10-15-11-23-13-26-15/h1-3,5-6,11,13,16-18,24H,4,7-10,12H2,(H,23,26)(H,25,30)(H,27,29)(H,28,31)(H,32,33). The first-order valence-electron chi connectivity index (χ1n) is 10.8. The number of aliphatic carboxylic acids is 1. The van der Waals surface area contributed by atoms with Gasteiger partial charge >= 0.3 is 5.97 Å². The molecule has 1 aliphatic rings. The normalized spacial score (nSPS) is 17.0. The van der Waals surface area contributed by atoms with Crippen LogP contribution in [0.2, 0.25) is 0 Å². The van der Waals surface area contributed by atoms with Crippen LogP contribution < -0.4 is 21.3 Å². The van der Waals surface area contributed by atoms with E-state index in [9.17, 15) is 24.3 Å². The summed E-state index contributed by atoms with van der Waals surface area (Å²) in [6.07, 6.45) is 4.67. The summed E-state index contributed by atoms with van der Waals surface area (Å²) in [5.74, 6) is -2.66. The fourth-order valence-electron chi connectivity index (χ4n) is 3.59. The number of carbonyl (C=O) groups is 4. The number of carbonyl (C=O) groups excluding carboxylic acids is 3. The van der Waals surface area contributed by atoms with Crippen molar-refractivity contribution in [1.29, 1.82) is 0 Å². The molecule has 33 heavy (non-hydrogen) atoms. The molecule has 0 saturated carbocycles. The van der Waals surface area contributed by atoms with Gasteiger partial charge in [0.15, 0.2) is 0 Å². The van der Waals surface area contributed by atoms with Crippen LogP contribution in [-0.2, 0) is 32.0 Å². The van der Waals surface area contributed by atoms with Crippen molar-refractivity contribution < 1.29 is 24.3 Å². The van der Waals surface area contributed by atoms with Gasteiger partial charge in [0.25, 0.3) is 0 Å². The maximum absolute atomic E-state index is 13.0. The summed E-state index contributed by atoms with van der Waals surface area (Å²) in [6, 6.07) is 6.50. The predicted molar refractivity (Wildman–Crippen MR) is 118 cm³/mol. The first-order chi connectivity index (χ1) is 15.9. The number of H-pyrrole nitrogens is 1. The average Bonchev–Trinajstić information content (AvgIpc) is 3.51. The molecule has 2 heterocycles. The zero-order valence-corrected chi connectivity index (χ0v) is 18.0. The van der Waals surface area contributed by atoms with E-state index in [1.165, 1.54) is 12.5 Å². The number of hydrogen-bond donors (Lipinski definition) is 6. The number of hydrogen-bond acceptors (Lipinski definition) is 6. The van der Waals surface area contributed by atoms with E-state index in [0.29, 0.717) is 12.1 Å². The van der Waals surface area contributed by atoms with Gasteiger partial charge < -0.3 is 31.4 Å². The lowest BCUT2D eigenvalue weighted by Crippen LogP contribution is -2.54. The molecular weight excluding hydrogens is 428 g/mol. The maximum Gasteiger partial charge on any atom is 0.326 e. The van der Waals surface area contributed by atoms with Gasteiger partial charge in [0.1, 0.15) is 12.1 Å². The number of nitrogens with one attached hydrogen (secondary N) is 5. The predicted octanol–water partition coefficient (Wildman–Crippen LogP) is -0.883. The van der Waals surface area contributed by atoms with Crippen LogP contribution in [0, 0.1) is 0 Å². The van der Waals surface area contributed by atoms with E-state index in [1.54, 1.807) is 24.3 Å². The van der Waals surface area contributed by atoms with Gasteiger partial charge in [-0.3, -0.25) is 14.4 Å². The first kappa shape index (κ1) is 23.9. The number of aromatic nitrogens is 2. The van der Waals surface area contributed by atoms with Gasteiger partial charge in [-0.1, -0.05) is 30.3 Å². The summed E-state index contributed by atoms with van der Waals surface area (Å²) in [6.45, 7) is 0.471. The van der Waals surface area contributed by atoms with Crippen molar-refractivity contribution in [2.45, 2.75) is 43.8 Å². The Morgan fingerprint density at radius 1 is 1.09 bits per heavy atom. The molecule has 11 heteroatoms. The molecule has 0 aliphatic carbocycles. The molecule has 6 N–H and O–H groups in total. The van der Waals surface area contributed by atoms with Crippen molar-refractivity contribution >= 4 is 23.7 Å². The Morgan fingerprint density at radius 2 is 1.88 bits per heavy atom. The number of carboxylic acid groups (broad SMARTS) is 1. The van der Waals surface area contributed by atoms with Crippen LogP contribution in [0.15, 0.2) is 42.9 Å². The third-order valence-electron chi connectivity index (χ3n) is 5.33. The van der Waals surface area contributed by atoms with E-state index in [4.69, 9.17) is 0 Å². The molecule has 0 bridgehead atoms. The van der Waals surface area contributed by atoms with Crippen molar-refractivity contribution in [2.75, 3.05) is 13.1 Å². The second-order valence-electron chi connectivity index (χ2n) is 7.86. The van der Waals surface area contributed by atoms with Gasteiger partial charge in [0.05, 0.1) is 18.9 Å². The van der Waals surface area contributed by atoms with Gasteiger partial charge in [0, 0.05) is 24.7 Å². The third kappa shape index (κ3) is 7.42. The Morgan fingerprint density at radius 3 is 2.52 bits per heavy atom. The number of benzene rings is 1. The molecular formula is C22H28N6O5. The zero-order valence-electron chi connectivity index (χ0n) is 18.0. The Balaban J connectivity index is 1.63. The molecule has 1 saturated heterocycles. The van der Waals surface area contributed by atoms with Crippen LogP contribution in [-0.4, -0.2) is 70.0 Å². The summed E-state index contributed by atoms with van der Waals surface area (Å²) < 4.78 is 0. The fourth-order valence-corrected chi connectivity index (χ4v) is 3.59. The minimum Gasteiger partial charge on any atom is -0.480 e. The lowest BCUT2D eigenvalue weighted by Gasteiger charge is -2.22. The lowest BCUT2D eigenvalue weighted by atomic mass is 10.0. The molecule has 0 radical (unpaired) electrons. The van der Waals surface area contributed by atoms with Gasteiger partial charge in [-0.25, -0.2) is 9.78 Å². The molecule has 1 fully saturated rings. The average molecular weight is 457 g/mol. The van der Waals surface area contributed by atoms with E-state index in [0.717, 1.165) is 18.5 Å². The molecule has 3 unspecified atom stereocenters. The van der Waals surface area contributed by atoms with Crippen molar-refractivity contribution in [3.8, 4) is 0 Å². The van der Waals surface area contributed by atoms with Crippen molar-refractivity contribution in [1.82, 2.24) is 31.2 Å². The molecule has 1 aromatic carbocycles. The van der Waals surface area contributed by atoms with Gasteiger partial charge in [0.2, 0.25) is 17.7 Å². The van der Waals surface area contributed by atoms with Crippen molar-refractivity contribution in [3.63, 3.8) is 0 Å². The summed E-state index contributed by atoms with van der Waals surface area (Å²) in [5, 5.41) is 20.3.